The third kappa shape index (κ3) is 4.35. The Morgan fingerprint density at radius 1 is 1.20 bits per heavy atom. The van der Waals surface area contributed by atoms with E-state index in [-0.39, 0.29) is 11.9 Å². The standard InChI is InChI=1S/C16H16Cl2N2O3S2/c17-11-3-4-14(18)13(10-11)16(21)20-7-5-12(6-8-20)19-25(22,23)15-2-1-9-24-15/h1-4,9-10,12,19H,5-8H2. The highest BCUT2D eigenvalue weighted by atomic mass is 35.5. The number of likely N-dealkylation sites (tertiary alicyclic amines) is 1. The summed E-state index contributed by atoms with van der Waals surface area (Å²) in [5.74, 6) is -0.188. The number of benzene rings is 1. The molecular formula is C16H16Cl2N2O3S2. The van der Waals surface area contributed by atoms with Crippen LogP contribution in [0.25, 0.3) is 0 Å². The molecule has 5 nitrogen and oxygen atoms in total. The molecule has 0 bridgehead atoms. The van der Waals surface area contributed by atoms with Gasteiger partial charge in [0.05, 0.1) is 10.6 Å². The van der Waals surface area contributed by atoms with E-state index in [1.165, 1.54) is 11.3 Å². The molecular weight excluding hydrogens is 403 g/mol. The monoisotopic (exact) mass is 418 g/mol. The number of carbonyl (C=O) groups is 1. The number of halogens is 2. The number of carbonyl (C=O) groups excluding carboxylic acids is 1. The van der Waals surface area contributed by atoms with Crippen LogP contribution in [-0.4, -0.2) is 38.4 Å². The molecule has 1 aliphatic heterocycles. The van der Waals surface area contributed by atoms with Crippen LogP contribution in [0.15, 0.2) is 39.9 Å². The Morgan fingerprint density at radius 3 is 2.56 bits per heavy atom. The topological polar surface area (TPSA) is 66.5 Å². The van der Waals surface area contributed by atoms with Gasteiger partial charge >= 0.3 is 0 Å². The van der Waals surface area contributed by atoms with Crippen LogP contribution in [0.5, 0.6) is 0 Å². The van der Waals surface area contributed by atoms with Crippen LogP contribution < -0.4 is 4.72 Å². The Hall–Kier alpha value is -1.12. The minimum atomic E-state index is -3.49. The summed E-state index contributed by atoms with van der Waals surface area (Å²) in [7, 11) is -3.49. The third-order valence-electron chi connectivity index (χ3n) is 4.02. The van der Waals surface area contributed by atoms with Gasteiger partial charge in [0, 0.05) is 24.2 Å². The molecule has 3 rings (SSSR count). The SMILES string of the molecule is O=C(c1cc(Cl)ccc1Cl)N1CCC(NS(=O)(=O)c2cccs2)CC1. The van der Waals surface area contributed by atoms with Gasteiger partial charge in [-0.25, -0.2) is 13.1 Å². The highest BCUT2D eigenvalue weighted by Gasteiger charge is 2.28. The predicted octanol–water partition coefficient (Wildman–Crippen LogP) is 3.64. The highest BCUT2D eigenvalue weighted by molar-refractivity contribution is 7.91. The maximum absolute atomic E-state index is 12.6. The summed E-state index contributed by atoms with van der Waals surface area (Å²) < 4.78 is 27.6. The molecule has 0 saturated carbocycles. The van der Waals surface area contributed by atoms with Crippen LogP contribution in [-0.2, 0) is 10.0 Å². The zero-order valence-electron chi connectivity index (χ0n) is 13.1. The van der Waals surface area contributed by atoms with Crippen molar-refractivity contribution in [1.29, 1.82) is 0 Å². The summed E-state index contributed by atoms with van der Waals surface area (Å²) in [4.78, 5) is 14.3. The van der Waals surface area contributed by atoms with Crippen molar-refractivity contribution in [2.45, 2.75) is 23.1 Å². The van der Waals surface area contributed by atoms with E-state index in [1.54, 1.807) is 40.6 Å². The first kappa shape index (κ1) is 18.7. The van der Waals surface area contributed by atoms with Crippen molar-refractivity contribution < 1.29 is 13.2 Å². The van der Waals surface area contributed by atoms with Crippen molar-refractivity contribution in [3.63, 3.8) is 0 Å². The summed E-state index contributed by atoms with van der Waals surface area (Å²) in [5, 5.41) is 2.53. The molecule has 1 aromatic heterocycles. The van der Waals surface area contributed by atoms with Crippen LogP contribution >= 0.6 is 34.5 Å². The Balaban J connectivity index is 1.62. The van der Waals surface area contributed by atoms with E-state index in [0.29, 0.717) is 45.7 Å². The minimum absolute atomic E-state index is 0.188. The van der Waals surface area contributed by atoms with Crippen molar-refractivity contribution in [2.24, 2.45) is 0 Å². The van der Waals surface area contributed by atoms with E-state index in [4.69, 9.17) is 23.2 Å². The van der Waals surface area contributed by atoms with Crippen LogP contribution in [0, 0.1) is 0 Å². The normalized spacial score (nSPS) is 16.2. The van der Waals surface area contributed by atoms with E-state index in [2.05, 4.69) is 4.72 Å². The van der Waals surface area contributed by atoms with Gasteiger partial charge in [0.2, 0.25) is 10.0 Å². The van der Waals surface area contributed by atoms with E-state index in [1.807, 2.05) is 0 Å². The zero-order valence-corrected chi connectivity index (χ0v) is 16.3. The van der Waals surface area contributed by atoms with E-state index in [0.717, 1.165) is 0 Å². The van der Waals surface area contributed by atoms with Gasteiger partial charge in [-0.3, -0.25) is 4.79 Å². The largest absolute Gasteiger partial charge is 0.338 e. The number of piperidine rings is 1. The first-order valence-corrected chi connectivity index (χ1v) is 10.8. The summed E-state index contributed by atoms with van der Waals surface area (Å²) in [6.45, 7) is 0.915. The first-order valence-electron chi connectivity index (χ1n) is 7.67. The predicted molar refractivity (Wildman–Crippen MR) is 100 cm³/mol. The zero-order chi connectivity index (χ0) is 18.0. The number of hydrogen-bond donors (Lipinski definition) is 1. The average molecular weight is 419 g/mol. The molecule has 0 aliphatic carbocycles. The lowest BCUT2D eigenvalue weighted by Crippen LogP contribution is -2.46. The van der Waals surface area contributed by atoms with Gasteiger partial charge < -0.3 is 4.90 Å². The highest BCUT2D eigenvalue weighted by Crippen LogP contribution is 2.24. The second-order valence-corrected chi connectivity index (χ2v) is 9.48. The lowest BCUT2D eigenvalue weighted by Gasteiger charge is -2.32. The van der Waals surface area contributed by atoms with Gasteiger partial charge in [-0.2, -0.15) is 0 Å². The fourth-order valence-corrected chi connectivity index (χ4v) is 5.41. The van der Waals surface area contributed by atoms with E-state index >= 15 is 0 Å². The molecule has 25 heavy (non-hydrogen) atoms. The van der Waals surface area contributed by atoms with Crippen molar-refractivity contribution in [3.8, 4) is 0 Å². The first-order chi connectivity index (χ1) is 11.9. The van der Waals surface area contributed by atoms with Crippen LogP contribution in [0.2, 0.25) is 10.0 Å². The number of nitrogens with zero attached hydrogens (tertiary/aromatic N) is 1. The van der Waals surface area contributed by atoms with Crippen molar-refractivity contribution in [1.82, 2.24) is 9.62 Å². The molecule has 0 spiro atoms. The van der Waals surface area contributed by atoms with Gasteiger partial charge in [-0.15, -0.1) is 11.3 Å². The van der Waals surface area contributed by atoms with Crippen LogP contribution in [0.3, 0.4) is 0 Å². The quantitative estimate of drug-likeness (QED) is 0.823. The van der Waals surface area contributed by atoms with Gasteiger partial charge in [0.1, 0.15) is 4.21 Å². The summed E-state index contributed by atoms with van der Waals surface area (Å²) in [5.41, 5.74) is 0.367. The van der Waals surface area contributed by atoms with Crippen LogP contribution in [0.1, 0.15) is 23.2 Å². The molecule has 2 heterocycles. The molecule has 0 radical (unpaired) electrons. The molecule has 1 amide bonds. The lowest BCUT2D eigenvalue weighted by atomic mass is 10.0. The minimum Gasteiger partial charge on any atom is -0.338 e. The molecule has 1 N–H and O–H groups in total. The van der Waals surface area contributed by atoms with Crippen molar-refractivity contribution in [2.75, 3.05) is 13.1 Å². The van der Waals surface area contributed by atoms with Crippen LogP contribution in [0.4, 0.5) is 0 Å². The smallest absolute Gasteiger partial charge is 0.255 e. The maximum atomic E-state index is 12.6. The van der Waals surface area contributed by atoms with Gasteiger partial charge in [0.25, 0.3) is 5.91 Å². The molecule has 1 saturated heterocycles. The molecule has 134 valence electrons. The van der Waals surface area contributed by atoms with Gasteiger partial charge in [0.15, 0.2) is 0 Å². The molecule has 1 aromatic carbocycles. The van der Waals surface area contributed by atoms with Crippen molar-refractivity contribution >= 4 is 50.5 Å². The Labute approximate surface area is 160 Å². The second-order valence-electron chi connectivity index (χ2n) is 5.74. The molecule has 2 aromatic rings. The number of thiophene rings is 1. The summed E-state index contributed by atoms with van der Waals surface area (Å²) in [6.07, 6.45) is 1.10. The average Bonchev–Trinajstić information content (AvgIpc) is 3.12. The maximum Gasteiger partial charge on any atom is 0.255 e. The Kier molecular flexibility index (Phi) is 5.70. The Bertz CT molecular complexity index is 862. The number of nitrogens with one attached hydrogen (secondary N) is 1. The molecule has 1 fully saturated rings. The number of amides is 1. The molecule has 1 aliphatic rings. The Morgan fingerprint density at radius 2 is 1.92 bits per heavy atom. The number of sulfonamides is 1. The molecule has 9 heteroatoms. The molecule has 0 atom stereocenters. The number of rotatable bonds is 4. The fourth-order valence-electron chi connectivity index (χ4n) is 2.73. The van der Waals surface area contributed by atoms with Gasteiger partial charge in [-0.05, 0) is 42.5 Å². The lowest BCUT2D eigenvalue weighted by molar-refractivity contribution is 0.0711. The second kappa shape index (κ2) is 7.63. The fraction of sp³-hybridized carbons (Fsp3) is 0.312. The van der Waals surface area contributed by atoms with Crippen molar-refractivity contribution in [3.05, 3.63) is 51.3 Å². The molecule has 0 unspecified atom stereocenters. The third-order valence-corrected chi connectivity index (χ3v) is 7.51. The van der Waals surface area contributed by atoms with Gasteiger partial charge in [-0.1, -0.05) is 29.3 Å². The summed E-state index contributed by atoms with van der Waals surface area (Å²) >= 11 is 13.2. The van der Waals surface area contributed by atoms with E-state index < -0.39 is 10.0 Å². The van der Waals surface area contributed by atoms with E-state index in [9.17, 15) is 13.2 Å². The number of hydrogen-bond acceptors (Lipinski definition) is 4. The summed E-state index contributed by atoms with van der Waals surface area (Å²) in [6, 6.07) is 7.87.